The van der Waals surface area contributed by atoms with Gasteiger partial charge in [-0.05, 0) is 86.4 Å². The second-order valence-electron chi connectivity index (χ2n) is 13.9. The third-order valence-corrected chi connectivity index (χ3v) is 9.48. The summed E-state index contributed by atoms with van der Waals surface area (Å²) in [5.41, 5.74) is 5.39. The van der Waals surface area contributed by atoms with Crippen molar-refractivity contribution in [2.75, 3.05) is 30.8 Å². The Hall–Kier alpha value is -4.59. The summed E-state index contributed by atoms with van der Waals surface area (Å²) in [6.45, 7) is 9.90. The van der Waals surface area contributed by atoms with Crippen LogP contribution < -0.4 is 15.4 Å². The van der Waals surface area contributed by atoms with E-state index in [0.29, 0.717) is 11.7 Å². The molecule has 0 radical (unpaired) electrons. The maximum absolute atomic E-state index is 13.6. The fraction of sp³-hybridized carbons (Fsp3) is 0.395. The first-order chi connectivity index (χ1) is 22.1. The van der Waals surface area contributed by atoms with Crippen LogP contribution in [0.25, 0.3) is 5.69 Å². The van der Waals surface area contributed by atoms with Crippen LogP contribution in [0.15, 0.2) is 78.9 Å². The van der Waals surface area contributed by atoms with Crippen molar-refractivity contribution in [3.05, 3.63) is 101 Å². The number of rotatable bonds is 8. The largest absolute Gasteiger partial charge is 0.497 e. The van der Waals surface area contributed by atoms with Gasteiger partial charge in [-0.2, -0.15) is 5.10 Å². The number of amides is 3. The number of likely N-dealkylation sites (tertiary alicyclic amines) is 1. The third-order valence-electron chi connectivity index (χ3n) is 9.48. The number of carbonyl (C=O) groups is 2. The van der Waals surface area contributed by atoms with E-state index in [0.717, 1.165) is 84.7 Å². The zero-order chi connectivity index (χ0) is 32.5. The van der Waals surface area contributed by atoms with Gasteiger partial charge in [-0.3, -0.25) is 10.1 Å². The summed E-state index contributed by atoms with van der Waals surface area (Å²) in [7, 11) is 1.66. The van der Waals surface area contributed by atoms with Crippen LogP contribution in [0, 0.1) is 12.8 Å². The van der Waals surface area contributed by atoms with Gasteiger partial charge in [0.2, 0.25) is 5.91 Å². The van der Waals surface area contributed by atoms with Crippen LogP contribution in [0.4, 0.5) is 16.3 Å². The molecule has 3 aromatic carbocycles. The van der Waals surface area contributed by atoms with Gasteiger partial charge in [0, 0.05) is 30.3 Å². The van der Waals surface area contributed by atoms with Crippen molar-refractivity contribution in [3.8, 4) is 11.4 Å². The molecule has 6 rings (SSSR count). The van der Waals surface area contributed by atoms with E-state index in [-0.39, 0.29) is 22.8 Å². The van der Waals surface area contributed by atoms with E-state index in [2.05, 4.69) is 42.4 Å². The number of nitrogens with zero attached hydrogens (tertiary/aromatic N) is 3. The topological polar surface area (TPSA) is 88.5 Å². The van der Waals surface area contributed by atoms with Gasteiger partial charge in [-0.1, -0.05) is 68.8 Å². The van der Waals surface area contributed by atoms with Crippen LogP contribution in [0.2, 0.25) is 0 Å². The predicted molar refractivity (Wildman–Crippen MR) is 183 cm³/mol. The molecule has 8 heteroatoms. The van der Waals surface area contributed by atoms with E-state index in [1.807, 2.05) is 79.7 Å². The van der Waals surface area contributed by atoms with E-state index in [1.54, 1.807) is 11.8 Å². The molecule has 2 N–H and O–H groups in total. The standard InChI is InChI=1S/C38H45N5O3/c1-26-10-14-30(15-11-26)43-34(25-33(41-43)37(2,3)4)40-36(45)39-32-9-7-6-8-28(32)24-27-18-22-42(23-19-27)35(44)38(20-21-38)29-12-16-31(46-5)17-13-29/h6-17,25,27H,18-24H2,1-5H3,(H2,39,40,45). The Morgan fingerprint density at radius 2 is 1.61 bits per heavy atom. The van der Waals surface area contributed by atoms with Gasteiger partial charge in [-0.15, -0.1) is 0 Å². The number of anilines is 2. The molecule has 0 spiro atoms. The highest BCUT2D eigenvalue weighted by molar-refractivity contribution is 6.00. The molecule has 3 amide bonds. The van der Waals surface area contributed by atoms with Crippen LogP contribution in [0.3, 0.4) is 0 Å². The zero-order valence-corrected chi connectivity index (χ0v) is 27.6. The fourth-order valence-electron chi connectivity index (χ4n) is 6.42. The van der Waals surface area contributed by atoms with Gasteiger partial charge in [0.1, 0.15) is 11.6 Å². The number of nitrogens with one attached hydrogen (secondary N) is 2. The van der Waals surface area contributed by atoms with Crippen molar-refractivity contribution < 1.29 is 14.3 Å². The summed E-state index contributed by atoms with van der Waals surface area (Å²) >= 11 is 0. The Balaban J connectivity index is 1.09. The minimum Gasteiger partial charge on any atom is -0.497 e. The van der Waals surface area contributed by atoms with E-state index in [1.165, 1.54) is 0 Å². The smallest absolute Gasteiger partial charge is 0.324 e. The number of urea groups is 1. The second-order valence-corrected chi connectivity index (χ2v) is 13.9. The lowest BCUT2D eigenvalue weighted by Gasteiger charge is -2.35. The van der Waals surface area contributed by atoms with E-state index in [4.69, 9.17) is 9.84 Å². The Morgan fingerprint density at radius 3 is 2.24 bits per heavy atom. The molecule has 2 aliphatic rings. The van der Waals surface area contributed by atoms with Gasteiger partial charge in [-0.25, -0.2) is 9.48 Å². The summed E-state index contributed by atoms with van der Waals surface area (Å²) in [6.07, 6.45) is 4.54. The molecule has 46 heavy (non-hydrogen) atoms. The maximum Gasteiger partial charge on any atom is 0.324 e. The average Bonchev–Trinajstić information content (AvgIpc) is 3.75. The molecule has 0 atom stereocenters. The summed E-state index contributed by atoms with van der Waals surface area (Å²) in [5.74, 6) is 2.12. The van der Waals surface area contributed by atoms with Gasteiger partial charge in [0.25, 0.3) is 0 Å². The third kappa shape index (κ3) is 6.66. The minimum atomic E-state index is -0.370. The predicted octanol–water partition coefficient (Wildman–Crippen LogP) is 7.64. The monoisotopic (exact) mass is 619 g/mol. The molecule has 1 aliphatic heterocycles. The fourth-order valence-corrected chi connectivity index (χ4v) is 6.42. The molecule has 240 valence electrons. The molecule has 2 fully saturated rings. The first-order valence-electron chi connectivity index (χ1n) is 16.3. The highest BCUT2D eigenvalue weighted by Crippen LogP contribution is 2.50. The lowest BCUT2D eigenvalue weighted by Crippen LogP contribution is -2.44. The Bertz CT molecular complexity index is 1690. The number of aryl methyl sites for hydroxylation is 1. The number of para-hydroxylation sites is 1. The molecular formula is C38H45N5O3. The molecule has 0 bridgehead atoms. The number of benzene rings is 3. The van der Waals surface area contributed by atoms with Crippen molar-refractivity contribution in [2.24, 2.45) is 5.92 Å². The number of methoxy groups -OCH3 is 1. The highest BCUT2D eigenvalue weighted by atomic mass is 16.5. The molecular weight excluding hydrogens is 574 g/mol. The normalized spacial score (nSPS) is 16.2. The van der Waals surface area contributed by atoms with Crippen LogP contribution >= 0.6 is 0 Å². The number of carbonyl (C=O) groups excluding carboxylic acids is 2. The molecule has 4 aromatic rings. The Labute approximate surface area is 272 Å². The first-order valence-corrected chi connectivity index (χ1v) is 16.3. The van der Waals surface area contributed by atoms with E-state index in [9.17, 15) is 9.59 Å². The molecule has 0 unspecified atom stereocenters. The minimum absolute atomic E-state index is 0.176. The summed E-state index contributed by atoms with van der Waals surface area (Å²) < 4.78 is 7.10. The molecule has 1 saturated heterocycles. The van der Waals surface area contributed by atoms with Gasteiger partial charge in [0.05, 0.1) is 23.9 Å². The van der Waals surface area contributed by atoms with Crippen molar-refractivity contribution in [2.45, 2.75) is 70.6 Å². The van der Waals surface area contributed by atoms with Gasteiger partial charge >= 0.3 is 6.03 Å². The first kappa shape index (κ1) is 31.4. The van der Waals surface area contributed by atoms with Crippen LogP contribution in [-0.2, 0) is 22.0 Å². The Kier molecular flexibility index (Phi) is 8.64. The number of piperidine rings is 1. The van der Waals surface area contributed by atoms with Gasteiger partial charge in [0.15, 0.2) is 0 Å². The lowest BCUT2D eigenvalue weighted by molar-refractivity contribution is -0.135. The SMILES string of the molecule is COc1ccc(C2(C(=O)N3CCC(Cc4ccccc4NC(=O)Nc4cc(C(C)(C)C)nn4-c4ccc(C)cc4)CC3)CC2)cc1. The van der Waals surface area contributed by atoms with Gasteiger partial charge < -0.3 is 15.0 Å². The summed E-state index contributed by atoms with van der Waals surface area (Å²) in [5, 5.41) is 11.0. The maximum atomic E-state index is 13.6. The molecule has 1 aliphatic carbocycles. The number of hydrogen-bond donors (Lipinski definition) is 2. The number of hydrogen-bond acceptors (Lipinski definition) is 4. The van der Waals surface area contributed by atoms with Crippen molar-refractivity contribution in [1.29, 1.82) is 0 Å². The molecule has 1 aromatic heterocycles. The van der Waals surface area contributed by atoms with Crippen molar-refractivity contribution in [1.82, 2.24) is 14.7 Å². The van der Waals surface area contributed by atoms with Crippen molar-refractivity contribution in [3.63, 3.8) is 0 Å². The number of ether oxygens (including phenoxy) is 1. The molecule has 8 nitrogen and oxygen atoms in total. The quantitative estimate of drug-likeness (QED) is 0.212. The molecule has 2 heterocycles. The van der Waals surface area contributed by atoms with Crippen LogP contribution in [-0.4, -0.2) is 46.8 Å². The molecule has 1 saturated carbocycles. The zero-order valence-electron chi connectivity index (χ0n) is 27.6. The number of aromatic nitrogens is 2. The van der Waals surface area contributed by atoms with Crippen molar-refractivity contribution >= 4 is 23.4 Å². The summed E-state index contributed by atoms with van der Waals surface area (Å²) in [6, 6.07) is 25.7. The van der Waals surface area contributed by atoms with E-state index >= 15 is 0 Å². The lowest BCUT2D eigenvalue weighted by atomic mass is 9.87. The second kappa shape index (κ2) is 12.7. The summed E-state index contributed by atoms with van der Waals surface area (Å²) in [4.78, 5) is 29.1. The van der Waals surface area contributed by atoms with E-state index < -0.39 is 0 Å². The Morgan fingerprint density at radius 1 is 0.935 bits per heavy atom. The highest BCUT2D eigenvalue weighted by Gasteiger charge is 2.53. The van der Waals surface area contributed by atoms with Crippen LogP contribution in [0.1, 0.15) is 68.8 Å². The van der Waals surface area contributed by atoms with Crippen LogP contribution in [0.5, 0.6) is 5.75 Å². The average molecular weight is 620 g/mol.